The molecule has 0 fully saturated rings. The molecular formula is C20H23N2O2S+. The average Bonchev–Trinajstić information content (AvgIpc) is 2.98. The third-order valence-electron chi connectivity index (χ3n) is 4.74. The van der Waals surface area contributed by atoms with E-state index in [1.807, 2.05) is 61.2 Å². The topological polar surface area (TPSA) is 35.7 Å². The van der Waals surface area contributed by atoms with Crippen molar-refractivity contribution in [2.45, 2.75) is 19.1 Å². The minimum atomic E-state index is -0.984. The summed E-state index contributed by atoms with van der Waals surface area (Å²) >= 11 is 1.83. The minimum absolute atomic E-state index is 0.535. The molecule has 2 heterocycles. The van der Waals surface area contributed by atoms with Gasteiger partial charge in [0.25, 0.3) is 5.72 Å². The van der Waals surface area contributed by atoms with E-state index in [1.165, 1.54) is 0 Å². The maximum atomic E-state index is 11.6. The molecule has 2 aromatic carbocycles. The summed E-state index contributed by atoms with van der Waals surface area (Å²) in [5, 5.41) is 12.7. The molecule has 0 aliphatic carbocycles. The van der Waals surface area contributed by atoms with Gasteiger partial charge in [0.15, 0.2) is 6.54 Å². The van der Waals surface area contributed by atoms with Gasteiger partial charge in [-0.25, -0.2) is 9.48 Å². The summed E-state index contributed by atoms with van der Waals surface area (Å²) in [6.45, 7) is 4.06. The lowest BCUT2D eigenvalue weighted by Crippen LogP contribution is -2.41. The summed E-state index contributed by atoms with van der Waals surface area (Å²) in [6, 6.07) is 18.1. The van der Waals surface area contributed by atoms with E-state index in [2.05, 4.69) is 21.6 Å². The second kappa shape index (κ2) is 6.73. The number of anilines is 1. The highest BCUT2D eigenvalue weighted by Crippen LogP contribution is 2.37. The van der Waals surface area contributed by atoms with Crippen LogP contribution in [0.1, 0.15) is 18.9 Å². The third kappa shape index (κ3) is 2.92. The lowest BCUT2D eigenvalue weighted by Gasteiger charge is -2.24. The molecule has 0 aromatic heterocycles. The lowest BCUT2D eigenvalue weighted by atomic mass is 10.0. The molecular weight excluding hydrogens is 332 g/mol. The maximum absolute atomic E-state index is 11.6. The van der Waals surface area contributed by atoms with Crippen molar-refractivity contribution in [3.63, 3.8) is 0 Å². The number of amidine groups is 1. The third-order valence-corrected chi connectivity index (χ3v) is 5.93. The van der Waals surface area contributed by atoms with Gasteiger partial charge < -0.3 is 9.84 Å². The van der Waals surface area contributed by atoms with E-state index in [9.17, 15) is 5.11 Å². The number of ether oxygens (including phenoxy) is 1. The van der Waals surface area contributed by atoms with Gasteiger partial charge in [-0.15, -0.1) is 0 Å². The van der Waals surface area contributed by atoms with Crippen LogP contribution in [-0.4, -0.2) is 40.3 Å². The molecule has 1 N–H and O–H groups in total. The Morgan fingerprint density at radius 3 is 2.64 bits per heavy atom. The van der Waals surface area contributed by atoms with Crippen LogP contribution < -0.4 is 9.64 Å². The van der Waals surface area contributed by atoms with Gasteiger partial charge >= 0.3 is 5.17 Å². The minimum Gasteiger partial charge on any atom is -0.494 e. The number of aliphatic hydroxyl groups is 1. The van der Waals surface area contributed by atoms with Gasteiger partial charge in [-0.1, -0.05) is 30.3 Å². The normalized spacial score (nSPS) is 22.9. The van der Waals surface area contributed by atoms with Crippen molar-refractivity contribution in [3.05, 3.63) is 60.2 Å². The zero-order chi connectivity index (χ0) is 17.3. The predicted molar refractivity (Wildman–Crippen MR) is 103 cm³/mol. The Morgan fingerprint density at radius 1 is 1.16 bits per heavy atom. The number of hydrogen-bond donors (Lipinski definition) is 1. The molecule has 0 saturated heterocycles. The molecule has 25 heavy (non-hydrogen) atoms. The molecule has 0 bridgehead atoms. The van der Waals surface area contributed by atoms with Gasteiger partial charge in [0, 0.05) is 11.3 Å². The smallest absolute Gasteiger partial charge is 0.316 e. The fraction of sp³-hybridized carbons (Fsp3) is 0.350. The molecule has 5 heteroatoms. The van der Waals surface area contributed by atoms with Crippen molar-refractivity contribution < 1.29 is 14.4 Å². The van der Waals surface area contributed by atoms with Crippen LogP contribution in [0.4, 0.5) is 5.69 Å². The van der Waals surface area contributed by atoms with Crippen LogP contribution in [0.25, 0.3) is 0 Å². The first kappa shape index (κ1) is 16.5. The number of β-amino-alcohol motifs (C(OH)–C–C–N with tert-alkyl or cyclic N) is 1. The van der Waals surface area contributed by atoms with Crippen LogP contribution >= 0.6 is 11.8 Å². The van der Waals surface area contributed by atoms with E-state index in [4.69, 9.17) is 4.74 Å². The highest BCUT2D eigenvalue weighted by atomic mass is 32.2. The van der Waals surface area contributed by atoms with Gasteiger partial charge in [-0.3, -0.25) is 0 Å². The SMILES string of the molecule is CCOc1ccc(N2CC(O)(c3ccccc3)[N+]3=C2SCCC3)cc1. The molecule has 4 rings (SSSR count). The Balaban J connectivity index is 1.72. The van der Waals surface area contributed by atoms with Crippen LogP contribution in [0.5, 0.6) is 5.75 Å². The Morgan fingerprint density at radius 2 is 1.92 bits per heavy atom. The van der Waals surface area contributed by atoms with Crippen molar-refractivity contribution >= 4 is 22.6 Å². The molecule has 0 radical (unpaired) electrons. The quantitative estimate of drug-likeness (QED) is 0.854. The number of nitrogens with zero attached hydrogens (tertiary/aromatic N) is 2. The van der Waals surface area contributed by atoms with Crippen LogP contribution in [0.15, 0.2) is 54.6 Å². The summed E-state index contributed by atoms with van der Waals surface area (Å²) in [6.07, 6.45) is 1.08. The van der Waals surface area contributed by atoms with E-state index in [-0.39, 0.29) is 0 Å². The average molecular weight is 355 g/mol. The van der Waals surface area contributed by atoms with E-state index < -0.39 is 5.72 Å². The zero-order valence-electron chi connectivity index (χ0n) is 14.4. The second-order valence-electron chi connectivity index (χ2n) is 6.33. The van der Waals surface area contributed by atoms with Gasteiger partial charge in [0.1, 0.15) is 11.4 Å². The van der Waals surface area contributed by atoms with Crippen molar-refractivity contribution in [1.29, 1.82) is 0 Å². The summed E-state index contributed by atoms with van der Waals surface area (Å²) in [7, 11) is 0. The molecule has 1 atom stereocenters. The maximum Gasteiger partial charge on any atom is 0.316 e. The second-order valence-corrected chi connectivity index (χ2v) is 7.39. The molecule has 2 aliphatic rings. The van der Waals surface area contributed by atoms with E-state index >= 15 is 0 Å². The van der Waals surface area contributed by atoms with E-state index in [0.717, 1.165) is 40.9 Å². The predicted octanol–water partition coefficient (Wildman–Crippen LogP) is 3.26. The highest BCUT2D eigenvalue weighted by Gasteiger charge is 2.53. The Kier molecular flexibility index (Phi) is 4.44. The van der Waals surface area contributed by atoms with Gasteiger partial charge in [0.2, 0.25) is 0 Å². The van der Waals surface area contributed by atoms with Crippen molar-refractivity contribution in [1.82, 2.24) is 0 Å². The first-order valence-corrected chi connectivity index (χ1v) is 9.76. The molecule has 0 saturated carbocycles. The Bertz CT molecular complexity index is 776. The molecule has 0 spiro atoms. The lowest BCUT2D eigenvalue weighted by molar-refractivity contribution is -0.656. The number of thioether (sulfide) groups is 1. The zero-order valence-corrected chi connectivity index (χ0v) is 15.2. The Hall–Kier alpha value is -1.98. The van der Waals surface area contributed by atoms with Gasteiger partial charge in [-0.2, -0.15) is 0 Å². The molecule has 4 nitrogen and oxygen atoms in total. The fourth-order valence-corrected chi connectivity index (χ4v) is 4.72. The van der Waals surface area contributed by atoms with Gasteiger partial charge in [0.05, 0.1) is 13.2 Å². The van der Waals surface area contributed by atoms with Crippen LogP contribution in [0.3, 0.4) is 0 Å². The van der Waals surface area contributed by atoms with Crippen molar-refractivity contribution in [3.8, 4) is 5.75 Å². The molecule has 1 unspecified atom stereocenters. The highest BCUT2D eigenvalue weighted by molar-refractivity contribution is 8.13. The summed E-state index contributed by atoms with van der Waals surface area (Å²) in [5.41, 5.74) is 1.05. The first-order chi connectivity index (χ1) is 12.2. The molecule has 2 aliphatic heterocycles. The van der Waals surface area contributed by atoms with E-state index in [0.29, 0.717) is 13.2 Å². The Labute approximate surface area is 152 Å². The number of rotatable bonds is 4. The van der Waals surface area contributed by atoms with Crippen molar-refractivity contribution in [2.24, 2.45) is 0 Å². The van der Waals surface area contributed by atoms with Crippen LogP contribution in [0, 0.1) is 0 Å². The van der Waals surface area contributed by atoms with Crippen molar-refractivity contribution in [2.75, 3.05) is 30.3 Å². The summed E-state index contributed by atoms with van der Waals surface area (Å²) in [5.74, 6) is 1.96. The van der Waals surface area contributed by atoms with Crippen LogP contribution in [-0.2, 0) is 5.72 Å². The standard InChI is InChI=1S/C20H23N2O2S/c1-2-24-18-11-9-17(10-12-18)21-15-20(23,16-7-4-3-5-8-16)22-13-6-14-25-19(21)22/h3-5,7-12,23H,2,6,13-15H2,1H3/q+1. The largest absolute Gasteiger partial charge is 0.494 e. The number of benzene rings is 2. The monoisotopic (exact) mass is 355 g/mol. The summed E-state index contributed by atoms with van der Waals surface area (Å²) in [4.78, 5) is 2.23. The molecule has 2 aromatic rings. The molecule has 0 amide bonds. The van der Waals surface area contributed by atoms with Gasteiger partial charge in [-0.05, 0) is 49.4 Å². The van der Waals surface area contributed by atoms with Crippen LogP contribution in [0.2, 0.25) is 0 Å². The first-order valence-electron chi connectivity index (χ1n) is 8.78. The fourth-order valence-electron chi connectivity index (χ4n) is 3.54. The molecule has 130 valence electrons. The summed E-state index contributed by atoms with van der Waals surface area (Å²) < 4.78 is 7.71. The number of hydrogen-bond acceptors (Lipinski definition) is 4. The van der Waals surface area contributed by atoms with E-state index in [1.54, 1.807) is 0 Å².